The third-order valence-corrected chi connectivity index (χ3v) is 2.33. The molecule has 4 nitrogen and oxygen atoms in total. The molecule has 0 saturated carbocycles. The van der Waals surface area contributed by atoms with Crippen LogP contribution in [-0.4, -0.2) is 10.9 Å². The molecule has 0 aliphatic heterocycles. The standard InChI is InChI=1S/C7H6F2IN3O/c8-5(9)2-1-3(10)4(7(12)14)13-6(2)11/h1,5H,(H2,11,13)(H2,12,14). The summed E-state index contributed by atoms with van der Waals surface area (Å²) < 4.78 is 24.9. The third kappa shape index (κ3) is 2.08. The molecule has 0 aliphatic rings. The lowest BCUT2D eigenvalue weighted by molar-refractivity contribution is 0.0994. The number of nitrogens with zero attached hydrogens (tertiary/aromatic N) is 1. The minimum atomic E-state index is -2.71. The van der Waals surface area contributed by atoms with Crippen molar-refractivity contribution in [3.63, 3.8) is 0 Å². The number of pyridine rings is 1. The van der Waals surface area contributed by atoms with E-state index in [-0.39, 0.29) is 20.6 Å². The molecule has 0 bridgehead atoms. The molecule has 14 heavy (non-hydrogen) atoms. The molecule has 0 aromatic carbocycles. The van der Waals surface area contributed by atoms with Gasteiger partial charge in [0.1, 0.15) is 11.5 Å². The summed E-state index contributed by atoms with van der Waals surface area (Å²) in [5, 5.41) is 0. The van der Waals surface area contributed by atoms with Gasteiger partial charge in [-0.05, 0) is 28.7 Å². The molecule has 76 valence electrons. The Balaban J connectivity index is 3.31. The fourth-order valence-corrected chi connectivity index (χ4v) is 1.59. The first kappa shape index (κ1) is 11.1. The molecule has 0 radical (unpaired) electrons. The van der Waals surface area contributed by atoms with Crippen LogP contribution < -0.4 is 11.5 Å². The van der Waals surface area contributed by atoms with Crippen LogP contribution in [0.3, 0.4) is 0 Å². The molecule has 1 aromatic heterocycles. The van der Waals surface area contributed by atoms with Crippen LogP contribution in [0.2, 0.25) is 0 Å². The number of hydrogen-bond donors (Lipinski definition) is 2. The van der Waals surface area contributed by atoms with Gasteiger partial charge in [0.25, 0.3) is 12.3 Å². The highest BCUT2D eigenvalue weighted by molar-refractivity contribution is 14.1. The summed E-state index contributed by atoms with van der Waals surface area (Å²) in [6.45, 7) is 0. The molecule has 0 unspecified atom stereocenters. The van der Waals surface area contributed by atoms with E-state index in [2.05, 4.69) is 4.98 Å². The second-order valence-electron chi connectivity index (χ2n) is 2.46. The van der Waals surface area contributed by atoms with E-state index < -0.39 is 12.3 Å². The molecular formula is C7H6F2IN3O. The zero-order valence-electron chi connectivity index (χ0n) is 6.80. The molecule has 4 N–H and O–H groups in total. The molecule has 1 amide bonds. The van der Waals surface area contributed by atoms with E-state index in [4.69, 9.17) is 11.5 Å². The van der Waals surface area contributed by atoms with Gasteiger partial charge in [0.15, 0.2) is 0 Å². The van der Waals surface area contributed by atoms with Crippen LogP contribution in [0.15, 0.2) is 6.07 Å². The monoisotopic (exact) mass is 313 g/mol. The van der Waals surface area contributed by atoms with Crippen molar-refractivity contribution in [3.05, 3.63) is 20.9 Å². The molecule has 0 spiro atoms. The second-order valence-corrected chi connectivity index (χ2v) is 3.62. The van der Waals surface area contributed by atoms with Gasteiger partial charge in [0.05, 0.1) is 5.56 Å². The molecule has 0 aliphatic carbocycles. The number of nitrogens with two attached hydrogens (primary N) is 2. The lowest BCUT2D eigenvalue weighted by Gasteiger charge is -2.06. The van der Waals surface area contributed by atoms with Gasteiger partial charge < -0.3 is 11.5 Å². The smallest absolute Gasteiger partial charge is 0.268 e. The van der Waals surface area contributed by atoms with Crippen molar-refractivity contribution in [2.75, 3.05) is 5.73 Å². The van der Waals surface area contributed by atoms with Crippen molar-refractivity contribution in [2.45, 2.75) is 6.43 Å². The van der Waals surface area contributed by atoms with Crippen molar-refractivity contribution in [1.82, 2.24) is 4.98 Å². The Hall–Kier alpha value is -0.990. The van der Waals surface area contributed by atoms with Crippen LogP contribution in [-0.2, 0) is 0 Å². The summed E-state index contributed by atoms with van der Waals surface area (Å²) in [7, 11) is 0. The fraction of sp³-hybridized carbons (Fsp3) is 0.143. The first-order valence-electron chi connectivity index (χ1n) is 3.47. The average Bonchev–Trinajstić information content (AvgIpc) is 2.07. The second kappa shape index (κ2) is 4.03. The van der Waals surface area contributed by atoms with Crippen molar-refractivity contribution in [2.24, 2.45) is 5.73 Å². The van der Waals surface area contributed by atoms with E-state index in [0.29, 0.717) is 0 Å². The molecular weight excluding hydrogens is 307 g/mol. The summed E-state index contributed by atoms with van der Waals surface area (Å²) in [5.74, 6) is -1.16. The first-order valence-corrected chi connectivity index (χ1v) is 4.55. The van der Waals surface area contributed by atoms with Gasteiger partial charge >= 0.3 is 0 Å². The highest BCUT2D eigenvalue weighted by Crippen LogP contribution is 2.26. The van der Waals surface area contributed by atoms with E-state index in [9.17, 15) is 13.6 Å². The molecule has 0 fully saturated rings. The Morgan fingerprint density at radius 3 is 2.57 bits per heavy atom. The Bertz CT molecular complexity index is 383. The van der Waals surface area contributed by atoms with Gasteiger partial charge in [-0.25, -0.2) is 13.8 Å². The number of anilines is 1. The highest BCUT2D eigenvalue weighted by Gasteiger charge is 2.17. The summed E-state index contributed by atoms with van der Waals surface area (Å²) >= 11 is 1.70. The Labute approximate surface area is 91.8 Å². The van der Waals surface area contributed by atoms with Crippen molar-refractivity contribution >= 4 is 34.3 Å². The van der Waals surface area contributed by atoms with Crippen LogP contribution in [0.5, 0.6) is 0 Å². The average molecular weight is 313 g/mol. The number of nitrogen functional groups attached to an aromatic ring is 1. The number of carbonyl (C=O) groups is 1. The van der Waals surface area contributed by atoms with Gasteiger partial charge in [0.2, 0.25) is 0 Å². The van der Waals surface area contributed by atoms with Crippen LogP contribution in [0.25, 0.3) is 0 Å². The zero-order valence-corrected chi connectivity index (χ0v) is 8.96. The Morgan fingerprint density at radius 2 is 2.14 bits per heavy atom. The van der Waals surface area contributed by atoms with Crippen LogP contribution in [0.4, 0.5) is 14.6 Å². The van der Waals surface area contributed by atoms with E-state index in [0.717, 1.165) is 6.07 Å². The van der Waals surface area contributed by atoms with Crippen LogP contribution in [0.1, 0.15) is 22.5 Å². The SMILES string of the molecule is NC(=O)c1nc(N)c(C(F)F)cc1I. The molecule has 1 aromatic rings. The third-order valence-electron chi connectivity index (χ3n) is 1.50. The lowest BCUT2D eigenvalue weighted by Crippen LogP contribution is -2.17. The predicted molar refractivity (Wildman–Crippen MR) is 54.8 cm³/mol. The maximum atomic E-state index is 12.3. The number of alkyl halides is 2. The fourth-order valence-electron chi connectivity index (χ4n) is 0.865. The van der Waals surface area contributed by atoms with Gasteiger partial charge in [-0.15, -0.1) is 0 Å². The quantitative estimate of drug-likeness (QED) is 0.808. The number of rotatable bonds is 2. The van der Waals surface area contributed by atoms with Gasteiger partial charge in [-0.2, -0.15) is 0 Å². The maximum Gasteiger partial charge on any atom is 0.268 e. The Morgan fingerprint density at radius 1 is 1.57 bits per heavy atom. The maximum absolute atomic E-state index is 12.3. The molecule has 0 atom stereocenters. The highest BCUT2D eigenvalue weighted by atomic mass is 127. The lowest BCUT2D eigenvalue weighted by atomic mass is 10.2. The Kier molecular flexibility index (Phi) is 3.19. The summed E-state index contributed by atoms with van der Waals surface area (Å²) in [6, 6.07) is 1.10. The van der Waals surface area contributed by atoms with Crippen molar-refractivity contribution < 1.29 is 13.6 Å². The first-order chi connectivity index (χ1) is 6.43. The van der Waals surface area contributed by atoms with E-state index in [1.54, 1.807) is 22.6 Å². The van der Waals surface area contributed by atoms with Crippen LogP contribution >= 0.6 is 22.6 Å². The summed E-state index contributed by atoms with van der Waals surface area (Å²) in [5.41, 5.74) is 9.71. The number of carbonyl (C=O) groups excluding carboxylic acids is 1. The number of primary amides is 1. The topological polar surface area (TPSA) is 82.0 Å². The molecule has 1 heterocycles. The molecule has 7 heteroatoms. The minimum Gasteiger partial charge on any atom is -0.383 e. The minimum absolute atomic E-state index is 0.0903. The van der Waals surface area contributed by atoms with Gasteiger partial charge in [0, 0.05) is 3.57 Å². The molecule has 0 saturated heterocycles. The van der Waals surface area contributed by atoms with Crippen LogP contribution in [0, 0.1) is 3.57 Å². The van der Waals surface area contributed by atoms with Crippen molar-refractivity contribution in [1.29, 1.82) is 0 Å². The normalized spacial score (nSPS) is 10.6. The van der Waals surface area contributed by atoms with E-state index in [1.165, 1.54) is 0 Å². The van der Waals surface area contributed by atoms with Crippen molar-refractivity contribution in [3.8, 4) is 0 Å². The largest absolute Gasteiger partial charge is 0.383 e. The number of hydrogen-bond acceptors (Lipinski definition) is 3. The predicted octanol–water partition coefficient (Wildman–Crippen LogP) is 1.30. The van der Waals surface area contributed by atoms with Gasteiger partial charge in [-0.1, -0.05) is 0 Å². The summed E-state index contributed by atoms with van der Waals surface area (Å²) in [4.78, 5) is 14.3. The number of halogens is 3. The number of amides is 1. The molecule has 1 rings (SSSR count). The van der Waals surface area contributed by atoms with E-state index >= 15 is 0 Å². The van der Waals surface area contributed by atoms with Gasteiger partial charge in [-0.3, -0.25) is 4.79 Å². The van der Waals surface area contributed by atoms with E-state index in [1.807, 2.05) is 0 Å². The summed E-state index contributed by atoms with van der Waals surface area (Å²) in [6.07, 6.45) is -2.71. The number of aromatic nitrogens is 1. The zero-order chi connectivity index (χ0) is 10.9.